The van der Waals surface area contributed by atoms with Crippen LogP contribution in [0.2, 0.25) is 0 Å². The van der Waals surface area contributed by atoms with Crippen molar-refractivity contribution in [3.05, 3.63) is 0 Å². The van der Waals surface area contributed by atoms with Crippen molar-refractivity contribution in [3.63, 3.8) is 0 Å². The molecule has 1 N–H and O–H groups in total. The minimum absolute atomic E-state index is 0.393. The molecule has 3 nitrogen and oxygen atoms in total. The molecule has 1 atom stereocenters. The third-order valence-corrected chi connectivity index (χ3v) is 0.790. The van der Waals surface area contributed by atoms with Crippen molar-refractivity contribution in [2.75, 3.05) is 6.61 Å². The molecular formula is C6H12O3. The summed E-state index contributed by atoms with van der Waals surface area (Å²) in [7, 11) is 0. The monoisotopic (exact) mass is 132 g/mol. The number of carbonyl (C=O) groups is 1. The average Bonchev–Trinajstić information content (AvgIpc) is 1.82. The van der Waals surface area contributed by atoms with Gasteiger partial charge in [0, 0.05) is 0 Å². The van der Waals surface area contributed by atoms with Gasteiger partial charge in [0.15, 0.2) is 0 Å². The van der Waals surface area contributed by atoms with E-state index in [1.54, 1.807) is 0 Å². The maximum atomic E-state index is 10.4. The molecule has 0 aromatic rings. The number of aliphatic hydroxyl groups is 1. The average molecular weight is 132 g/mol. The number of hydrogen-bond donors (Lipinski definition) is 1. The van der Waals surface area contributed by atoms with Crippen LogP contribution >= 0.6 is 0 Å². The van der Waals surface area contributed by atoms with Crippen molar-refractivity contribution in [1.29, 1.82) is 0 Å². The molecule has 9 heavy (non-hydrogen) atoms. The number of rotatable bonds is 3. The molecule has 0 aromatic heterocycles. The number of aliphatic hydroxyl groups excluding tert-OH is 1. The molecule has 0 fully saturated rings. The highest BCUT2D eigenvalue weighted by atomic mass is 16.5. The fraction of sp³-hybridized carbons (Fsp3) is 0.833. The Hall–Kier alpha value is -0.570. The van der Waals surface area contributed by atoms with E-state index >= 15 is 0 Å². The summed E-state index contributed by atoms with van der Waals surface area (Å²) in [4.78, 5) is 10.4. The van der Waals surface area contributed by atoms with Crippen LogP contribution in [0, 0.1) is 0 Å². The van der Waals surface area contributed by atoms with E-state index in [1.807, 2.05) is 6.92 Å². The first kappa shape index (κ1) is 8.43. The van der Waals surface area contributed by atoms with Gasteiger partial charge in [-0.15, -0.1) is 0 Å². The van der Waals surface area contributed by atoms with Crippen molar-refractivity contribution < 1.29 is 14.6 Å². The zero-order valence-corrected chi connectivity index (χ0v) is 5.76. The molecule has 0 aromatic carbocycles. The predicted molar refractivity (Wildman–Crippen MR) is 32.9 cm³/mol. The summed E-state index contributed by atoms with van der Waals surface area (Å²) in [5.74, 6) is -0.545. The fourth-order valence-electron chi connectivity index (χ4n) is 0.323. The van der Waals surface area contributed by atoms with Gasteiger partial charge in [0.2, 0.25) is 0 Å². The van der Waals surface area contributed by atoms with Crippen LogP contribution in [-0.2, 0) is 9.53 Å². The highest BCUT2D eigenvalue weighted by molar-refractivity contribution is 5.73. The van der Waals surface area contributed by atoms with Crippen LogP contribution in [-0.4, -0.2) is 23.8 Å². The number of carbonyl (C=O) groups excluding carboxylic acids is 1. The van der Waals surface area contributed by atoms with Crippen LogP contribution in [0.15, 0.2) is 0 Å². The number of ether oxygens (including phenoxy) is 1. The lowest BCUT2D eigenvalue weighted by molar-refractivity contribution is -0.152. The van der Waals surface area contributed by atoms with Crippen LogP contribution < -0.4 is 0 Å². The standard InChI is InChI=1S/C6H12O3/c1-3-4-9-6(8)5(2)7/h5,7H,3-4H2,1-2H3. The summed E-state index contributed by atoms with van der Waals surface area (Å²) in [6, 6.07) is 0. The minimum atomic E-state index is -0.989. The second kappa shape index (κ2) is 4.32. The lowest BCUT2D eigenvalue weighted by Crippen LogP contribution is -2.19. The van der Waals surface area contributed by atoms with Gasteiger partial charge in [0.1, 0.15) is 6.10 Å². The van der Waals surface area contributed by atoms with Crippen molar-refractivity contribution in [2.24, 2.45) is 0 Å². The topological polar surface area (TPSA) is 46.5 Å². The molecule has 0 bridgehead atoms. The van der Waals surface area contributed by atoms with Crippen molar-refractivity contribution >= 4 is 5.97 Å². The molecule has 0 rings (SSSR count). The Bertz CT molecular complexity index is 88.3. The van der Waals surface area contributed by atoms with Gasteiger partial charge in [-0.3, -0.25) is 0 Å². The quantitative estimate of drug-likeness (QED) is 0.562. The summed E-state index contributed by atoms with van der Waals surface area (Å²) < 4.78 is 4.56. The molecule has 0 radical (unpaired) electrons. The highest BCUT2D eigenvalue weighted by Crippen LogP contribution is 1.87. The van der Waals surface area contributed by atoms with E-state index in [0.29, 0.717) is 6.61 Å². The predicted octanol–water partition coefficient (Wildman–Crippen LogP) is 0.320. The maximum absolute atomic E-state index is 10.4. The maximum Gasteiger partial charge on any atom is 0.334 e. The molecular weight excluding hydrogens is 120 g/mol. The minimum Gasteiger partial charge on any atom is -0.464 e. The van der Waals surface area contributed by atoms with E-state index in [4.69, 9.17) is 5.11 Å². The van der Waals surface area contributed by atoms with Crippen molar-refractivity contribution in [1.82, 2.24) is 0 Å². The Morgan fingerprint density at radius 1 is 1.78 bits per heavy atom. The van der Waals surface area contributed by atoms with Crippen LogP contribution in [0.4, 0.5) is 0 Å². The van der Waals surface area contributed by atoms with Gasteiger partial charge in [-0.05, 0) is 13.3 Å². The van der Waals surface area contributed by atoms with Crippen LogP contribution in [0.1, 0.15) is 20.3 Å². The molecule has 0 aliphatic rings. The molecule has 1 unspecified atom stereocenters. The van der Waals surface area contributed by atoms with E-state index in [-0.39, 0.29) is 0 Å². The Morgan fingerprint density at radius 2 is 2.33 bits per heavy atom. The second-order valence-corrected chi connectivity index (χ2v) is 1.84. The molecule has 54 valence electrons. The van der Waals surface area contributed by atoms with Crippen LogP contribution in [0.3, 0.4) is 0 Å². The SMILES string of the molecule is CCCOC(=O)C(C)O. The Morgan fingerprint density at radius 3 is 2.67 bits per heavy atom. The molecule has 0 spiro atoms. The molecule has 0 heterocycles. The lowest BCUT2D eigenvalue weighted by Gasteiger charge is -2.03. The summed E-state index contributed by atoms with van der Waals surface area (Å²) in [6.07, 6.45) is -0.199. The van der Waals surface area contributed by atoms with Crippen molar-refractivity contribution in [2.45, 2.75) is 26.4 Å². The first-order valence-electron chi connectivity index (χ1n) is 3.03. The van der Waals surface area contributed by atoms with Gasteiger partial charge < -0.3 is 9.84 Å². The van der Waals surface area contributed by atoms with Gasteiger partial charge in [0.05, 0.1) is 6.61 Å². The molecule has 3 heteroatoms. The zero-order chi connectivity index (χ0) is 7.28. The Kier molecular flexibility index (Phi) is 4.05. The third-order valence-electron chi connectivity index (χ3n) is 0.790. The van der Waals surface area contributed by atoms with Crippen LogP contribution in [0.25, 0.3) is 0 Å². The molecule has 0 aliphatic heterocycles. The van der Waals surface area contributed by atoms with Gasteiger partial charge in [-0.2, -0.15) is 0 Å². The van der Waals surface area contributed by atoms with Gasteiger partial charge in [0.25, 0.3) is 0 Å². The fourth-order valence-corrected chi connectivity index (χ4v) is 0.323. The van der Waals surface area contributed by atoms with E-state index in [1.165, 1.54) is 6.92 Å². The molecule has 0 saturated carbocycles. The van der Waals surface area contributed by atoms with Gasteiger partial charge in [-0.1, -0.05) is 6.92 Å². The van der Waals surface area contributed by atoms with E-state index in [0.717, 1.165) is 6.42 Å². The number of esters is 1. The second-order valence-electron chi connectivity index (χ2n) is 1.84. The summed E-state index contributed by atoms with van der Waals surface area (Å²) in [5.41, 5.74) is 0. The molecule has 0 aliphatic carbocycles. The summed E-state index contributed by atoms with van der Waals surface area (Å²) in [6.45, 7) is 3.68. The third kappa shape index (κ3) is 3.97. The normalized spacial score (nSPS) is 12.8. The largest absolute Gasteiger partial charge is 0.464 e. The smallest absolute Gasteiger partial charge is 0.334 e. The summed E-state index contributed by atoms with van der Waals surface area (Å²) >= 11 is 0. The first-order chi connectivity index (χ1) is 4.18. The molecule has 0 saturated heterocycles. The first-order valence-corrected chi connectivity index (χ1v) is 3.03. The van der Waals surface area contributed by atoms with Gasteiger partial charge >= 0.3 is 5.97 Å². The van der Waals surface area contributed by atoms with E-state index < -0.39 is 12.1 Å². The molecule has 0 amide bonds. The Labute approximate surface area is 54.6 Å². The van der Waals surface area contributed by atoms with Crippen LogP contribution in [0.5, 0.6) is 0 Å². The van der Waals surface area contributed by atoms with E-state index in [2.05, 4.69) is 4.74 Å². The summed E-state index contributed by atoms with van der Waals surface area (Å²) in [5, 5.41) is 8.57. The zero-order valence-electron chi connectivity index (χ0n) is 5.76. The Balaban J connectivity index is 3.28. The van der Waals surface area contributed by atoms with E-state index in [9.17, 15) is 4.79 Å². The highest BCUT2D eigenvalue weighted by Gasteiger charge is 2.07. The van der Waals surface area contributed by atoms with Gasteiger partial charge in [-0.25, -0.2) is 4.79 Å². The van der Waals surface area contributed by atoms with Crippen molar-refractivity contribution in [3.8, 4) is 0 Å². The lowest BCUT2D eigenvalue weighted by atomic mass is 10.4. The number of hydrogen-bond acceptors (Lipinski definition) is 3.